The fourth-order valence-corrected chi connectivity index (χ4v) is 3.56. The monoisotopic (exact) mass is 380 g/mol. The second-order valence-corrected chi connectivity index (χ2v) is 7.05. The maximum absolute atomic E-state index is 12.8. The number of imidazole rings is 1. The molecule has 0 spiro atoms. The van der Waals surface area contributed by atoms with Gasteiger partial charge in [0.05, 0.1) is 0 Å². The molecule has 0 bridgehead atoms. The summed E-state index contributed by atoms with van der Waals surface area (Å²) in [5.74, 6) is -0.124. The predicted molar refractivity (Wildman–Crippen MR) is 95.3 cm³/mol. The summed E-state index contributed by atoms with van der Waals surface area (Å²) >= 11 is 5.87. The molecule has 0 aromatic rings. The Morgan fingerprint density at radius 2 is 1.96 bits per heavy atom. The van der Waals surface area contributed by atoms with Gasteiger partial charge in [0.25, 0.3) is 0 Å². The van der Waals surface area contributed by atoms with Crippen molar-refractivity contribution in [3.63, 3.8) is 0 Å². The molecule has 1 saturated heterocycles. The van der Waals surface area contributed by atoms with E-state index in [0.717, 1.165) is 32.1 Å². The van der Waals surface area contributed by atoms with E-state index in [1.807, 2.05) is 0 Å². The summed E-state index contributed by atoms with van der Waals surface area (Å²) in [5, 5.41) is 15.5. The molecule has 142 valence electrons. The molecule has 1 N–H and O–H groups in total. The van der Waals surface area contributed by atoms with Crippen molar-refractivity contribution in [1.82, 2.24) is 24.4 Å². The molecule has 0 aromatic heterocycles. The Balaban J connectivity index is 1.82. The zero-order chi connectivity index (χ0) is 18.7. The summed E-state index contributed by atoms with van der Waals surface area (Å²) in [5.41, 5.74) is -0.231. The molecule has 1 atom stereocenters. The molecular weight excluding hydrogens is 358 g/mol. The standard InChI is InChI=1S/C17H24ClN5O3/c1-2-3-4-9-22-14-13(20-16(18)21-14)15(25)23(17(22)26)10-5-6-11-7-8-12(24)19-11/h11,25H,2-10H2,1H3,(H,19,24)/p-1. The van der Waals surface area contributed by atoms with Gasteiger partial charge < -0.3 is 15.0 Å². The van der Waals surface area contributed by atoms with Gasteiger partial charge in [-0.1, -0.05) is 19.8 Å². The first-order valence-electron chi connectivity index (χ1n) is 9.14. The maximum Gasteiger partial charge on any atom is 0.329 e. The minimum absolute atomic E-state index is 0.0211. The fourth-order valence-electron chi connectivity index (χ4n) is 3.40. The highest BCUT2D eigenvalue weighted by Crippen LogP contribution is 2.27. The summed E-state index contributed by atoms with van der Waals surface area (Å²) in [7, 11) is 0. The number of halogens is 1. The van der Waals surface area contributed by atoms with Crippen molar-refractivity contribution >= 4 is 17.5 Å². The van der Waals surface area contributed by atoms with E-state index in [9.17, 15) is 14.7 Å². The van der Waals surface area contributed by atoms with E-state index in [1.165, 1.54) is 9.13 Å². The van der Waals surface area contributed by atoms with Gasteiger partial charge in [-0.15, -0.1) is 0 Å². The van der Waals surface area contributed by atoms with Crippen LogP contribution >= 0.6 is 11.6 Å². The van der Waals surface area contributed by atoms with Gasteiger partial charge in [0.2, 0.25) is 11.2 Å². The molecule has 8 nitrogen and oxygen atoms in total. The van der Waals surface area contributed by atoms with Crippen LogP contribution in [0.4, 0.5) is 0 Å². The number of carbonyl (C=O) groups excluding carboxylic acids is 1. The number of hydrogen-bond acceptors (Lipinski definition) is 5. The quantitative estimate of drug-likeness (QED) is 0.552. The predicted octanol–water partition coefficient (Wildman–Crippen LogP) is 1.52. The number of aromatic nitrogens is 4. The molecule has 26 heavy (non-hydrogen) atoms. The largest absolute Gasteiger partial charge is 0.858 e. The van der Waals surface area contributed by atoms with Crippen LogP contribution in [0.15, 0.2) is 4.79 Å². The number of carbonyl (C=O) groups is 1. The number of rotatable bonds is 8. The molecule has 0 radical (unpaired) electrons. The molecule has 1 amide bonds. The van der Waals surface area contributed by atoms with E-state index in [1.54, 1.807) is 0 Å². The minimum atomic E-state index is -0.452. The van der Waals surface area contributed by atoms with Crippen LogP contribution < -0.4 is 16.1 Å². The number of unbranched alkanes of at least 4 members (excludes halogenated alkanes) is 2. The van der Waals surface area contributed by atoms with Crippen molar-refractivity contribution in [3.05, 3.63) is 15.8 Å². The first-order chi connectivity index (χ1) is 12.5. The van der Waals surface area contributed by atoms with Crippen molar-refractivity contribution in [1.29, 1.82) is 0 Å². The Bertz CT molecular complexity index is 816. The Labute approximate surface area is 156 Å². The number of amides is 1. The van der Waals surface area contributed by atoms with Crippen molar-refractivity contribution in [2.75, 3.05) is 0 Å². The summed E-state index contributed by atoms with van der Waals surface area (Å²) in [4.78, 5) is 32.2. The lowest BCUT2D eigenvalue weighted by Gasteiger charge is -2.23. The Kier molecular flexibility index (Phi) is 5.80. The molecule has 9 heteroatoms. The third-order valence-electron chi connectivity index (χ3n) is 4.78. The van der Waals surface area contributed by atoms with Gasteiger partial charge in [-0.25, -0.2) is 9.78 Å². The molecule has 0 aliphatic carbocycles. The SMILES string of the molecule is CCCCCn1c2nc(Cl)nc-2c([O-])n(CCCC2CCC(=O)N2)c1=O. The number of hydrogen-bond donors (Lipinski definition) is 1. The maximum atomic E-state index is 12.8. The smallest absolute Gasteiger partial charge is 0.329 e. The fraction of sp³-hybridized carbons (Fsp3) is 0.647. The van der Waals surface area contributed by atoms with Gasteiger partial charge in [0.15, 0.2) is 5.82 Å². The highest BCUT2D eigenvalue weighted by atomic mass is 35.5. The number of nitrogens with one attached hydrogen (secondary N) is 1. The average Bonchev–Trinajstić information content (AvgIpc) is 3.19. The van der Waals surface area contributed by atoms with E-state index in [2.05, 4.69) is 22.2 Å². The van der Waals surface area contributed by atoms with Crippen LogP contribution in [0.2, 0.25) is 5.28 Å². The summed E-state index contributed by atoms with van der Waals surface area (Å²) in [6.07, 6.45) is 5.54. The van der Waals surface area contributed by atoms with Crippen molar-refractivity contribution in [2.24, 2.45) is 0 Å². The van der Waals surface area contributed by atoms with Crippen molar-refractivity contribution in [3.8, 4) is 17.4 Å². The lowest BCUT2D eigenvalue weighted by molar-refractivity contribution is -0.279. The van der Waals surface area contributed by atoms with Gasteiger partial charge in [0.1, 0.15) is 5.69 Å². The highest BCUT2D eigenvalue weighted by molar-refractivity contribution is 6.28. The topological polar surface area (TPSA) is 105 Å². The van der Waals surface area contributed by atoms with Crippen LogP contribution in [-0.2, 0) is 17.9 Å². The van der Waals surface area contributed by atoms with E-state index < -0.39 is 5.88 Å². The first-order valence-corrected chi connectivity index (χ1v) is 9.52. The minimum Gasteiger partial charge on any atom is -0.858 e. The second kappa shape index (κ2) is 8.07. The molecule has 3 rings (SSSR count). The third kappa shape index (κ3) is 3.85. The van der Waals surface area contributed by atoms with Crippen LogP contribution in [0, 0.1) is 0 Å². The molecule has 1 unspecified atom stereocenters. The van der Waals surface area contributed by atoms with Crippen molar-refractivity contribution in [2.45, 2.75) is 71.0 Å². The average molecular weight is 381 g/mol. The van der Waals surface area contributed by atoms with Crippen LogP contribution in [0.25, 0.3) is 11.5 Å². The Hall–Kier alpha value is -2.09. The molecular formula is C17H23ClN5O3-. The highest BCUT2D eigenvalue weighted by Gasteiger charge is 2.22. The summed E-state index contributed by atoms with van der Waals surface area (Å²) < 4.78 is 2.72. The number of nitrogens with zero attached hydrogens (tertiary/aromatic N) is 4. The van der Waals surface area contributed by atoms with E-state index in [-0.39, 0.29) is 41.0 Å². The molecule has 0 saturated carbocycles. The lowest BCUT2D eigenvalue weighted by atomic mass is 10.1. The molecule has 3 heterocycles. The van der Waals surface area contributed by atoms with Gasteiger partial charge >= 0.3 is 5.69 Å². The van der Waals surface area contributed by atoms with E-state index in [4.69, 9.17) is 11.6 Å². The summed E-state index contributed by atoms with van der Waals surface area (Å²) in [6.45, 7) is 2.86. The number of fused-ring (bicyclic) bond motifs is 1. The second-order valence-electron chi connectivity index (χ2n) is 6.71. The normalized spacial score (nSPS) is 17.2. The third-order valence-corrected chi connectivity index (χ3v) is 4.95. The van der Waals surface area contributed by atoms with Crippen LogP contribution in [-0.4, -0.2) is 31.1 Å². The van der Waals surface area contributed by atoms with Crippen LogP contribution in [0.1, 0.15) is 51.9 Å². The molecule has 3 aliphatic heterocycles. The summed E-state index contributed by atoms with van der Waals surface area (Å²) in [6, 6.07) is 0.127. The molecule has 0 aromatic carbocycles. The zero-order valence-electron chi connectivity index (χ0n) is 14.8. The lowest BCUT2D eigenvalue weighted by Crippen LogP contribution is -2.35. The van der Waals surface area contributed by atoms with Crippen molar-refractivity contribution < 1.29 is 9.90 Å². The van der Waals surface area contributed by atoms with Gasteiger partial charge in [-0.05, 0) is 43.2 Å². The zero-order valence-corrected chi connectivity index (χ0v) is 15.6. The Morgan fingerprint density at radius 3 is 2.65 bits per heavy atom. The molecule has 1 fully saturated rings. The van der Waals surface area contributed by atoms with Crippen LogP contribution in [0.3, 0.4) is 0 Å². The van der Waals surface area contributed by atoms with Gasteiger partial charge in [0, 0.05) is 25.6 Å². The van der Waals surface area contributed by atoms with Crippen LogP contribution in [0.5, 0.6) is 5.88 Å². The van der Waals surface area contributed by atoms with Gasteiger partial charge in [-0.2, -0.15) is 4.98 Å². The van der Waals surface area contributed by atoms with Gasteiger partial charge in [-0.3, -0.25) is 9.36 Å². The van der Waals surface area contributed by atoms with E-state index >= 15 is 0 Å². The molecule has 3 aliphatic rings. The van der Waals surface area contributed by atoms with E-state index in [0.29, 0.717) is 19.4 Å². The Morgan fingerprint density at radius 1 is 1.19 bits per heavy atom. The first kappa shape index (κ1) is 18.7.